The first kappa shape index (κ1) is 22.4. The molecule has 1 N–H and O–H groups in total. The largest absolute Gasteiger partial charge is 0.464 e. The average Bonchev–Trinajstić information content (AvgIpc) is 3.51. The first-order chi connectivity index (χ1) is 16.3. The Kier molecular flexibility index (Phi) is 7.63. The molecule has 9 heteroatoms. The summed E-state index contributed by atoms with van der Waals surface area (Å²) in [4.78, 5) is 4.44. The van der Waals surface area contributed by atoms with Crippen LogP contribution in [0.3, 0.4) is 0 Å². The predicted molar refractivity (Wildman–Crippen MR) is 125 cm³/mol. The lowest BCUT2D eigenvalue weighted by Gasteiger charge is -2.08. The minimum atomic E-state index is 0.366. The van der Waals surface area contributed by atoms with Crippen molar-refractivity contribution in [2.24, 2.45) is 0 Å². The first-order valence-electron chi connectivity index (χ1n) is 11.4. The minimum absolute atomic E-state index is 0.366. The van der Waals surface area contributed by atoms with Crippen LogP contribution in [0, 0.1) is 0 Å². The number of aromatic nitrogens is 7. The van der Waals surface area contributed by atoms with Crippen LogP contribution >= 0.6 is 0 Å². The Morgan fingerprint density at radius 1 is 0.879 bits per heavy atom. The zero-order valence-corrected chi connectivity index (χ0v) is 19.1. The van der Waals surface area contributed by atoms with Crippen molar-refractivity contribution in [1.29, 1.82) is 0 Å². The van der Waals surface area contributed by atoms with Crippen LogP contribution in [0.4, 0.5) is 0 Å². The molecule has 0 aliphatic carbocycles. The molecule has 0 fully saturated rings. The Labute approximate surface area is 193 Å². The summed E-state index contributed by atoms with van der Waals surface area (Å²) >= 11 is 0. The van der Waals surface area contributed by atoms with Crippen LogP contribution in [0.2, 0.25) is 0 Å². The molecule has 9 nitrogen and oxygen atoms in total. The van der Waals surface area contributed by atoms with Crippen LogP contribution in [0.1, 0.15) is 45.1 Å². The van der Waals surface area contributed by atoms with Gasteiger partial charge in [-0.3, -0.25) is 0 Å². The highest BCUT2D eigenvalue weighted by atomic mass is 16.5. The Morgan fingerprint density at radius 3 is 2.36 bits per heavy atom. The van der Waals surface area contributed by atoms with Gasteiger partial charge < -0.3 is 9.47 Å². The van der Waals surface area contributed by atoms with Gasteiger partial charge in [-0.05, 0) is 40.8 Å². The lowest BCUT2D eigenvalue weighted by molar-refractivity contribution is 0.267. The summed E-state index contributed by atoms with van der Waals surface area (Å²) in [6.45, 7) is 6.02. The molecule has 0 atom stereocenters. The zero-order valence-electron chi connectivity index (χ0n) is 19.1. The van der Waals surface area contributed by atoms with Gasteiger partial charge >= 0.3 is 12.0 Å². The quantitative estimate of drug-likeness (QED) is 0.318. The van der Waals surface area contributed by atoms with E-state index in [2.05, 4.69) is 81.0 Å². The molecule has 4 aromatic rings. The van der Waals surface area contributed by atoms with Crippen molar-refractivity contribution >= 4 is 0 Å². The fourth-order valence-corrected chi connectivity index (χ4v) is 3.29. The minimum Gasteiger partial charge on any atom is -0.464 e. The van der Waals surface area contributed by atoms with Gasteiger partial charge in [-0.25, -0.2) is 4.68 Å². The van der Waals surface area contributed by atoms with Gasteiger partial charge in [-0.15, -0.1) is 20.3 Å². The highest BCUT2D eigenvalue weighted by Crippen LogP contribution is 2.25. The monoisotopic (exact) mass is 447 g/mol. The topological polar surface area (TPSA) is 104 Å². The van der Waals surface area contributed by atoms with E-state index in [0.717, 1.165) is 47.9 Å². The van der Waals surface area contributed by atoms with Crippen molar-refractivity contribution < 1.29 is 9.47 Å². The smallest absolute Gasteiger partial charge is 0.338 e. The molecule has 2 aromatic heterocycles. The number of nitrogens with one attached hydrogen (secondary N) is 1. The second-order valence-corrected chi connectivity index (χ2v) is 7.75. The molecule has 2 heterocycles. The molecule has 0 bridgehead atoms. The van der Waals surface area contributed by atoms with Gasteiger partial charge in [-0.1, -0.05) is 69.2 Å². The predicted octanol–water partition coefficient (Wildman–Crippen LogP) is 4.53. The van der Waals surface area contributed by atoms with Gasteiger partial charge in [0.2, 0.25) is 5.82 Å². The summed E-state index contributed by atoms with van der Waals surface area (Å²) in [5.74, 6) is 0.576. The van der Waals surface area contributed by atoms with E-state index in [0.29, 0.717) is 37.6 Å². The van der Waals surface area contributed by atoms with Crippen molar-refractivity contribution in [1.82, 2.24) is 35.4 Å². The van der Waals surface area contributed by atoms with Gasteiger partial charge in [0.25, 0.3) is 0 Å². The number of hydrogen-bond acceptors (Lipinski definition) is 7. The van der Waals surface area contributed by atoms with E-state index in [-0.39, 0.29) is 0 Å². The first-order valence-corrected chi connectivity index (χ1v) is 11.4. The SMILES string of the molecule is CCCCOc1nc(OCCCC)n(Cc2ccc(-c3cccc(-c4nn[nH]n4)c3)cc2)n1. The molecule has 33 heavy (non-hydrogen) atoms. The van der Waals surface area contributed by atoms with E-state index in [9.17, 15) is 0 Å². The van der Waals surface area contributed by atoms with Crippen LogP contribution in [0.15, 0.2) is 48.5 Å². The zero-order chi connectivity index (χ0) is 22.9. The fraction of sp³-hybridized carbons (Fsp3) is 0.375. The molecule has 2 aromatic carbocycles. The van der Waals surface area contributed by atoms with E-state index in [4.69, 9.17) is 9.47 Å². The number of nitrogens with zero attached hydrogens (tertiary/aromatic N) is 6. The van der Waals surface area contributed by atoms with Crippen molar-refractivity contribution in [3.05, 3.63) is 54.1 Å². The van der Waals surface area contributed by atoms with Crippen molar-refractivity contribution in [3.8, 4) is 34.5 Å². The third-order valence-corrected chi connectivity index (χ3v) is 5.16. The van der Waals surface area contributed by atoms with Gasteiger partial charge in [0.1, 0.15) is 0 Å². The Hall–Kier alpha value is -3.75. The Morgan fingerprint density at radius 2 is 1.64 bits per heavy atom. The molecule has 0 radical (unpaired) electrons. The summed E-state index contributed by atoms with van der Waals surface area (Å²) in [5.41, 5.74) is 4.20. The molecule has 4 rings (SSSR count). The van der Waals surface area contributed by atoms with Gasteiger partial charge in [0, 0.05) is 5.56 Å². The molecule has 0 amide bonds. The number of benzene rings is 2. The number of rotatable bonds is 12. The van der Waals surface area contributed by atoms with Crippen molar-refractivity contribution in [2.75, 3.05) is 13.2 Å². The summed E-state index contributed by atoms with van der Waals surface area (Å²) in [6.07, 6.45) is 4.06. The Bertz CT molecular complexity index is 1120. The lowest BCUT2D eigenvalue weighted by atomic mass is 10.0. The van der Waals surface area contributed by atoms with E-state index >= 15 is 0 Å². The summed E-state index contributed by atoms with van der Waals surface area (Å²) in [7, 11) is 0. The van der Waals surface area contributed by atoms with Crippen LogP contribution in [0.5, 0.6) is 12.0 Å². The standard InChI is InChI=1S/C24H29N7O2/c1-3-5-14-32-23-25-24(33-15-6-4-2)31(28-23)17-18-10-12-19(13-11-18)20-8-7-9-21(16-20)22-26-29-30-27-22/h7-13,16H,3-6,14-15,17H2,1-2H3,(H,26,27,29,30). The van der Waals surface area contributed by atoms with Crippen LogP contribution in [-0.2, 0) is 6.54 Å². The number of ether oxygens (including phenoxy) is 2. The number of hydrogen-bond donors (Lipinski definition) is 1. The normalized spacial score (nSPS) is 11.0. The molecule has 0 unspecified atom stereocenters. The van der Waals surface area contributed by atoms with E-state index in [1.54, 1.807) is 4.68 Å². The number of tetrazole rings is 1. The van der Waals surface area contributed by atoms with Gasteiger partial charge in [0.15, 0.2) is 0 Å². The molecule has 0 aliphatic rings. The van der Waals surface area contributed by atoms with Crippen molar-refractivity contribution in [2.45, 2.75) is 46.1 Å². The fourth-order valence-electron chi connectivity index (χ4n) is 3.29. The van der Waals surface area contributed by atoms with E-state index in [1.807, 2.05) is 12.1 Å². The highest BCUT2D eigenvalue weighted by molar-refractivity contribution is 5.70. The van der Waals surface area contributed by atoms with Crippen molar-refractivity contribution in [3.63, 3.8) is 0 Å². The second kappa shape index (κ2) is 11.2. The average molecular weight is 448 g/mol. The van der Waals surface area contributed by atoms with E-state index in [1.165, 1.54) is 0 Å². The van der Waals surface area contributed by atoms with E-state index < -0.39 is 0 Å². The van der Waals surface area contributed by atoms with Gasteiger partial charge in [0.05, 0.1) is 19.8 Å². The maximum Gasteiger partial charge on any atom is 0.338 e. The molecule has 0 spiro atoms. The highest BCUT2D eigenvalue weighted by Gasteiger charge is 2.13. The second-order valence-electron chi connectivity index (χ2n) is 7.75. The van der Waals surface area contributed by atoms with Crippen LogP contribution < -0.4 is 9.47 Å². The van der Waals surface area contributed by atoms with Crippen LogP contribution in [-0.4, -0.2) is 48.6 Å². The molecule has 0 saturated heterocycles. The molecule has 0 saturated carbocycles. The number of aromatic amines is 1. The molecule has 0 aliphatic heterocycles. The number of unbranched alkanes of at least 4 members (excludes halogenated alkanes) is 2. The summed E-state index contributed by atoms with van der Waals surface area (Å²) < 4.78 is 13.3. The summed E-state index contributed by atoms with van der Waals surface area (Å²) in [5, 5.41) is 18.8. The third-order valence-electron chi connectivity index (χ3n) is 5.16. The third kappa shape index (κ3) is 5.94. The maximum atomic E-state index is 5.87. The lowest BCUT2D eigenvalue weighted by Crippen LogP contribution is -2.08. The number of H-pyrrole nitrogens is 1. The molecule has 172 valence electrons. The Balaban J connectivity index is 1.48. The van der Waals surface area contributed by atoms with Gasteiger partial charge in [-0.2, -0.15) is 5.21 Å². The molecular formula is C24H29N7O2. The summed E-state index contributed by atoms with van der Waals surface area (Å²) in [6, 6.07) is 17.3. The molecular weight excluding hydrogens is 418 g/mol. The maximum absolute atomic E-state index is 5.87. The van der Waals surface area contributed by atoms with Crippen LogP contribution in [0.25, 0.3) is 22.5 Å².